The molecular weight excluding hydrogens is 271 g/mol. The lowest BCUT2D eigenvalue weighted by molar-refractivity contribution is -0.133. The van der Waals surface area contributed by atoms with Crippen LogP contribution in [0, 0.1) is 5.82 Å². The van der Waals surface area contributed by atoms with Crippen LogP contribution in [0.25, 0.3) is 0 Å². The molecule has 0 unspecified atom stereocenters. The van der Waals surface area contributed by atoms with Gasteiger partial charge in [0, 0.05) is 12.0 Å². The minimum Gasteiger partial charge on any atom is -0.493 e. The molecular formula is C12H11FN2O3S. The summed E-state index contributed by atoms with van der Waals surface area (Å²) in [6.07, 6.45) is 0.387. The standard InChI is InChI=1S/C12H11FN2O3S/c1-18-12-7(3-2-4-8(12)13)9-5-10(15-14-9)19-6-11(16)17/h2-4H,5-6H2,1H3,(H,16,17). The molecule has 19 heavy (non-hydrogen) atoms. The molecule has 1 aliphatic rings. The largest absolute Gasteiger partial charge is 0.493 e. The van der Waals surface area contributed by atoms with E-state index in [0.717, 1.165) is 11.8 Å². The van der Waals surface area contributed by atoms with Gasteiger partial charge >= 0.3 is 5.97 Å². The number of carbonyl (C=O) groups is 1. The van der Waals surface area contributed by atoms with E-state index in [0.29, 0.717) is 22.7 Å². The van der Waals surface area contributed by atoms with Crippen LogP contribution in [0.1, 0.15) is 12.0 Å². The Hall–Kier alpha value is -1.89. The first-order valence-electron chi connectivity index (χ1n) is 5.42. The molecule has 0 saturated heterocycles. The van der Waals surface area contributed by atoms with E-state index in [4.69, 9.17) is 9.84 Å². The van der Waals surface area contributed by atoms with Crippen molar-refractivity contribution < 1.29 is 19.0 Å². The van der Waals surface area contributed by atoms with Crippen molar-refractivity contribution in [3.8, 4) is 5.75 Å². The maximum atomic E-state index is 13.6. The lowest BCUT2D eigenvalue weighted by atomic mass is 10.1. The second kappa shape index (κ2) is 5.83. The third kappa shape index (κ3) is 3.11. The second-order valence-corrected chi connectivity index (χ2v) is 4.77. The number of thioether (sulfide) groups is 1. The van der Waals surface area contributed by atoms with Crippen LogP contribution in [0.15, 0.2) is 28.4 Å². The van der Waals surface area contributed by atoms with Crippen LogP contribution in [0.3, 0.4) is 0 Å². The number of hydrogen-bond acceptors (Lipinski definition) is 5. The van der Waals surface area contributed by atoms with Crippen molar-refractivity contribution in [1.29, 1.82) is 0 Å². The summed E-state index contributed by atoms with van der Waals surface area (Å²) in [5, 5.41) is 17.0. The van der Waals surface area contributed by atoms with E-state index in [1.807, 2.05) is 0 Å². The predicted molar refractivity (Wildman–Crippen MR) is 71.6 cm³/mol. The Kier molecular flexibility index (Phi) is 4.16. The smallest absolute Gasteiger partial charge is 0.313 e. The minimum atomic E-state index is -0.913. The van der Waals surface area contributed by atoms with Crippen LogP contribution in [-0.2, 0) is 4.79 Å². The second-order valence-electron chi connectivity index (χ2n) is 3.72. The van der Waals surface area contributed by atoms with E-state index >= 15 is 0 Å². The number of para-hydroxylation sites is 1. The van der Waals surface area contributed by atoms with Gasteiger partial charge in [-0.2, -0.15) is 5.10 Å². The highest BCUT2D eigenvalue weighted by molar-refractivity contribution is 8.14. The summed E-state index contributed by atoms with van der Waals surface area (Å²) in [6.45, 7) is 0. The van der Waals surface area contributed by atoms with Gasteiger partial charge in [-0.3, -0.25) is 4.79 Å². The number of nitrogens with zero attached hydrogens (tertiary/aromatic N) is 2. The molecule has 0 saturated carbocycles. The molecule has 2 rings (SSSR count). The van der Waals surface area contributed by atoms with Gasteiger partial charge in [0.05, 0.1) is 18.6 Å². The van der Waals surface area contributed by atoms with Gasteiger partial charge in [0.15, 0.2) is 11.6 Å². The van der Waals surface area contributed by atoms with Gasteiger partial charge in [-0.15, -0.1) is 5.10 Å². The Morgan fingerprint density at radius 2 is 2.32 bits per heavy atom. The topological polar surface area (TPSA) is 71.2 Å². The van der Waals surface area contributed by atoms with E-state index < -0.39 is 11.8 Å². The van der Waals surface area contributed by atoms with Gasteiger partial charge in [0.25, 0.3) is 0 Å². The van der Waals surface area contributed by atoms with E-state index in [1.165, 1.54) is 13.2 Å². The van der Waals surface area contributed by atoms with Crippen molar-refractivity contribution in [2.24, 2.45) is 10.2 Å². The van der Waals surface area contributed by atoms with Gasteiger partial charge in [-0.1, -0.05) is 17.8 Å². The minimum absolute atomic E-state index is 0.0675. The molecule has 5 nitrogen and oxygen atoms in total. The summed E-state index contributed by atoms with van der Waals surface area (Å²) in [5.74, 6) is -1.32. The van der Waals surface area contributed by atoms with Crippen molar-refractivity contribution in [2.45, 2.75) is 6.42 Å². The Bertz CT molecular complexity index is 572. The number of rotatable bonds is 4. The Morgan fingerprint density at radius 1 is 1.53 bits per heavy atom. The summed E-state index contributed by atoms with van der Waals surface area (Å²) in [5.41, 5.74) is 1.11. The zero-order valence-electron chi connectivity index (χ0n) is 10.1. The Balaban J connectivity index is 2.11. The number of carboxylic acids is 1. The number of carboxylic acid groups (broad SMARTS) is 1. The van der Waals surface area contributed by atoms with E-state index in [1.54, 1.807) is 12.1 Å². The van der Waals surface area contributed by atoms with E-state index in [-0.39, 0.29) is 11.5 Å². The van der Waals surface area contributed by atoms with Gasteiger partial charge in [0.1, 0.15) is 5.04 Å². The normalized spacial score (nSPS) is 14.0. The average Bonchev–Trinajstić information content (AvgIpc) is 2.84. The highest BCUT2D eigenvalue weighted by atomic mass is 32.2. The molecule has 1 N–H and O–H groups in total. The summed E-state index contributed by atoms with van der Waals surface area (Å²) in [4.78, 5) is 10.5. The fourth-order valence-electron chi connectivity index (χ4n) is 1.65. The predicted octanol–water partition coefficient (Wildman–Crippen LogP) is 2.16. The van der Waals surface area contributed by atoms with Crippen LogP contribution >= 0.6 is 11.8 Å². The summed E-state index contributed by atoms with van der Waals surface area (Å²) >= 11 is 1.11. The summed E-state index contributed by atoms with van der Waals surface area (Å²) in [6, 6.07) is 4.57. The molecule has 0 atom stereocenters. The monoisotopic (exact) mass is 282 g/mol. The van der Waals surface area contributed by atoms with Crippen molar-refractivity contribution >= 4 is 28.5 Å². The van der Waals surface area contributed by atoms with Crippen LogP contribution in [0.5, 0.6) is 5.75 Å². The van der Waals surface area contributed by atoms with Crippen molar-refractivity contribution in [2.75, 3.05) is 12.9 Å². The van der Waals surface area contributed by atoms with Gasteiger partial charge in [-0.05, 0) is 12.1 Å². The third-order valence-corrected chi connectivity index (χ3v) is 3.40. The molecule has 0 radical (unpaired) electrons. The molecule has 0 amide bonds. The van der Waals surface area contributed by atoms with Gasteiger partial charge in [-0.25, -0.2) is 4.39 Å². The highest BCUT2D eigenvalue weighted by Crippen LogP contribution is 2.27. The first kappa shape index (κ1) is 13.5. The average molecular weight is 282 g/mol. The first-order valence-corrected chi connectivity index (χ1v) is 6.41. The Labute approximate surface area is 113 Å². The number of ether oxygens (including phenoxy) is 1. The van der Waals surface area contributed by atoms with Crippen molar-refractivity contribution in [1.82, 2.24) is 0 Å². The number of benzene rings is 1. The number of methoxy groups -OCH3 is 1. The molecule has 1 aromatic carbocycles. The van der Waals surface area contributed by atoms with E-state index in [2.05, 4.69) is 10.2 Å². The summed E-state index contributed by atoms with van der Waals surface area (Å²) in [7, 11) is 1.39. The number of aliphatic carboxylic acids is 1. The maximum Gasteiger partial charge on any atom is 0.313 e. The van der Waals surface area contributed by atoms with Crippen molar-refractivity contribution in [3.05, 3.63) is 29.6 Å². The molecule has 1 aliphatic heterocycles. The van der Waals surface area contributed by atoms with E-state index in [9.17, 15) is 9.18 Å². The summed E-state index contributed by atoms with van der Waals surface area (Å²) < 4.78 is 18.6. The van der Waals surface area contributed by atoms with Crippen LogP contribution in [0.4, 0.5) is 4.39 Å². The first-order chi connectivity index (χ1) is 9.11. The van der Waals surface area contributed by atoms with Crippen LogP contribution < -0.4 is 4.74 Å². The molecule has 1 aromatic rings. The molecule has 0 fully saturated rings. The number of halogens is 1. The zero-order chi connectivity index (χ0) is 13.8. The fourth-order valence-corrected chi connectivity index (χ4v) is 2.28. The number of hydrogen-bond donors (Lipinski definition) is 1. The quantitative estimate of drug-likeness (QED) is 0.918. The highest BCUT2D eigenvalue weighted by Gasteiger charge is 2.20. The molecule has 100 valence electrons. The molecule has 0 aromatic heterocycles. The Morgan fingerprint density at radius 3 is 3.00 bits per heavy atom. The third-order valence-electron chi connectivity index (χ3n) is 2.45. The SMILES string of the molecule is COc1c(F)cccc1C1=NN=C(SCC(=O)O)C1. The fraction of sp³-hybridized carbons (Fsp3) is 0.250. The molecule has 7 heteroatoms. The maximum absolute atomic E-state index is 13.6. The van der Waals surface area contributed by atoms with Gasteiger partial charge < -0.3 is 9.84 Å². The van der Waals surface area contributed by atoms with Crippen LogP contribution in [-0.4, -0.2) is 34.7 Å². The van der Waals surface area contributed by atoms with Gasteiger partial charge in [0.2, 0.25) is 0 Å². The van der Waals surface area contributed by atoms with Crippen LogP contribution in [0.2, 0.25) is 0 Å². The zero-order valence-corrected chi connectivity index (χ0v) is 10.9. The lowest BCUT2D eigenvalue weighted by Crippen LogP contribution is -2.07. The molecule has 0 aliphatic carbocycles. The molecule has 0 spiro atoms. The molecule has 0 bridgehead atoms. The van der Waals surface area contributed by atoms with Crippen molar-refractivity contribution in [3.63, 3.8) is 0 Å². The molecule has 1 heterocycles. The lowest BCUT2D eigenvalue weighted by Gasteiger charge is -2.08.